The van der Waals surface area contributed by atoms with Gasteiger partial charge in [0.2, 0.25) is 5.75 Å². The minimum Gasteiger partial charge on any atom is -0.493 e. The number of ether oxygens (including phenoxy) is 4. The van der Waals surface area contributed by atoms with Crippen molar-refractivity contribution in [1.29, 1.82) is 0 Å². The summed E-state index contributed by atoms with van der Waals surface area (Å²) >= 11 is 0. The molecule has 0 unspecified atom stereocenters. The first-order valence-electron chi connectivity index (χ1n) is 7.14. The van der Waals surface area contributed by atoms with Crippen molar-refractivity contribution >= 4 is 5.57 Å². The van der Waals surface area contributed by atoms with E-state index >= 15 is 0 Å². The molecular formula is C18H17F3O4. The Kier molecular flexibility index (Phi) is 5.46. The molecule has 0 saturated heterocycles. The Morgan fingerprint density at radius 3 is 1.76 bits per heavy atom. The van der Waals surface area contributed by atoms with Gasteiger partial charge in [-0.25, -0.2) is 0 Å². The van der Waals surface area contributed by atoms with Crippen molar-refractivity contribution in [2.24, 2.45) is 0 Å². The van der Waals surface area contributed by atoms with Crippen LogP contribution in [0.15, 0.2) is 43.0 Å². The van der Waals surface area contributed by atoms with Gasteiger partial charge < -0.3 is 18.9 Å². The zero-order valence-electron chi connectivity index (χ0n) is 13.9. The van der Waals surface area contributed by atoms with E-state index in [1.165, 1.54) is 45.6 Å². The highest BCUT2D eigenvalue weighted by molar-refractivity contribution is 5.80. The largest absolute Gasteiger partial charge is 0.573 e. The van der Waals surface area contributed by atoms with E-state index in [0.29, 0.717) is 33.9 Å². The van der Waals surface area contributed by atoms with Crippen LogP contribution in [0.25, 0.3) is 5.57 Å². The first kappa shape index (κ1) is 18.5. The molecule has 0 aliphatic rings. The monoisotopic (exact) mass is 354 g/mol. The summed E-state index contributed by atoms with van der Waals surface area (Å²) in [7, 11) is 4.48. The topological polar surface area (TPSA) is 36.9 Å². The quantitative estimate of drug-likeness (QED) is 0.755. The van der Waals surface area contributed by atoms with Crippen molar-refractivity contribution in [1.82, 2.24) is 0 Å². The van der Waals surface area contributed by atoms with Crippen molar-refractivity contribution in [3.8, 4) is 23.0 Å². The van der Waals surface area contributed by atoms with E-state index in [1.54, 1.807) is 12.1 Å². The second-order valence-corrected chi connectivity index (χ2v) is 4.96. The van der Waals surface area contributed by atoms with Crippen LogP contribution in [0.2, 0.25) is 0 Å². The number of hydrogen-bond donors (Lipinski definition) is 0. The van der Waals surface area contributed by atoms with Crippen LogP contribution in [0.1, 0.15) is 11.1 Å². The lowest BCUT2D eigenvalue weighted by molar-refractivity contribution is -0.274. The summed E-state index contributed by atoms with van der Waals surface area (Å²) in [5, 5.41) is 0. The molecule has 25 heavy (non-hydrogen) atoms. The highest BCUT2D eigenvalue weighted by Gasteiger charge is 2.31. The second kappa shape index (κ2) is 7.38. The molecule has 0 radical (unpaired) electrons. The molecule has 0 amide bonds. The standard InChI is InChI=1S/C18H17F3O4/c1-11(12-5-7-14(8-6-12)25-18(19,20)21)13-9-15(22-2)17(24-4)16(10-13)23-3/h5-10H,1H2,2-4H3. The Balaban J connectivity index is 2.34. The fourth-order valence-corrected chi connectivity index (χ4v) is 2.28. The van der Waals surface area contributed by atoms with Crippen molar-refractivity contribution in [3.63, 3.8) is 0 Å². The average molecular weight is 354 g/mol. The van der Waals surface area contributed by atoms with Gasteiger partial charge in [-0.05, 0) is 41.0 Å². The molecule has 0 aromatic heterocycles. The zero-order chi connectivity index (χ0) is 18.6. The third-order valence-electron chi connectivity index (χ3n) is 3.45. The van der Waals surface area contributed by atoms with Crippen molar-refractivity contribution in [3.05, 3.63) is 54.1 Å². The van der Waals surface area contributed by atoms with E-state index in [4.69, 9.17) is 14.2 Å². The molecule has 2 aromatic carbocycles. The molecule has 0 heterocycles. The Labute approximate surface area is 143 Å². The first-order chi connectivity index (χ1) is 11.8. The summed E-state index contributed by atoms with van der Waals surface area (Å²) < 4.78 is 56.4. The van der Waals surface area contributed by atoms with Gasteiger partial charge in [-0.15, -0.1) is 13.2 Å². The van der Waals surface area contributed by atoms with Gasteiger partial charge in [0.05, 0.1) is 21.3 Å². The van der Waals surface area contributed by atoms with Gasteiger partial charge >= 0.3 is 6.36 Å². The SMILES string of the molecule is C=C(c1ccc(OC(F)(F)F)cc1)c1cc(OC)c(OC)c(OC)c1. The highest BCUT2D eigenvalue weighted by Crippen LogP contribution is 2.40. The van der Waals surface area contributed by atoms with Gasteiger partial charge in [0.1, 0.15) is 5.75 Å². The number of alkyl halides is 3. The molecule has 0 aliphatic heterocycles. The number of methoxy groups -OCH3 is 3. The molecule has 0 atom stereocenters. The lowest BCUT2D eigenvalue weighted by Gasteiger charge is -2.15. The van der Waals surface area contributed by atoms with E-state index in [9.17, 15) is 13.2 Å². The van der Waals surface area contributed by atoms with Crippen LogP contribution in [0.5, 0.6) is 23.0 Å². The number of benzene rings is 2. The van der Waals surface area contributed by atoms with Gasteiger partial charge in [0, 0.05) is 0 Å². The third-order valence-corrected chi connectivity index (χ3v) is 3.45. The van der Waals surface area contributed by atoms with Crippen LogP contribution in [-0.2, 0) is 0 Å². The van der Waals surface area contributed by atoms with E-state index in [0.717, 1.165) is 0 Å². The number of rotatable bonds is 6. The van der Waals surface area contributed by atoms with Crippen LogP contribution < -0.4 is 18.9 Å². The molecule has 0 N–H and O–H groups in total. The molecule has 0 fully saturated rings. The Hall–Kier alpha value is -2.83. The molecule has 2 rings (SSSR count). The second-order valence-electron chi connectivity index (χ2n) is 4.96. The third kappa shape index (κ3) is 4.37. The normalized spacial score (nSPS) is 11.0. The predicted octanol–water partition coefficient (Wildman–Crippen LogP) is 4.67. The molecule has 0 spiro atoms. The van der Waals surface area contributed by atoms with Crippen molar-refractivity contribution in [2.75, 3.05) is 21.3 Å². The molecular weight excluding hydrogens is 337 g/mol. The van der Waals surface area contributed by atoms with E-state index < -0.39 is 6.36 Å². The van der Waals surface area contributed by atoms with Gasteiger partial charge in [0.25, 0.3) is 0 Å². The maximum Gasteiger partial charge on any atom is 0.573 e. The van der Waals surface area contributed by atoms with Crippen LogP contribution in [-0.4, -0.2) is 27.7 Å². The summed E-state index contributed by atoms with van der Waals surface area (Å²) in [5.74, 6) is 1.05. The molecule has 0 bridgehead atoms. The molecule has 0 aliphatic carbocycles. The number of halogens is 3. The minimum atomic E-state index is -4.73. The Morgan fingerprint density at radius 2 is 1.36 bits per heavy atom. The summed E-state index contributed by atoms with van der Waals surface area (Å²) in [6.07, 6.45) is -4.73. The van der Waals surface area contributed by atoms with E-state index in [1.807, 2.05) is 0 Å². The van der Waals surface area contributed by atoms with Crippen LogP contribution in [0, 0.1) is 0 Å². The van der Waals surface area contributed by atoms with Gasteiger partial charge in [-0.1, -0.05) is 18.7 Å². The lowest BCUT2D eigenvalue weighted by Crippen LogP contribution is -2.17. The highest BCUT2D eigenvalue weighted by atomic mass is 19.4. The number of hydrogen-bond acceptors (Lipinski definition) is 4. The summed E-state index contributed by atoms with van der Waals surface area (Å²) in [4.78, 5) is 0. The fourth-order valence-electron chi connectivity index (χ4n) is 2.28. The Bertz CT molecular complexity index is 727. The van der Waals surface area contributed by atoms with Crippen LogP contribution in [0.4, 0.5) is 13.2 Å². The van der Waals surface area contributed by atoms with Gasteiger partial charge in [-0.2, -0.15) is 0 Å². The first-order valence-corrected chi connectivity index (χ1v) is 7.14. The Morgan fingerprint density at radius 1 is 0.840 bits per heavy atom. The maximum atomic E-state index is 12.2. The summed E-state index contributed by atoms with van der Waals surface area (Å²) in [6, 6.07) is 8.87. The van der Waals surface area contributed by atoms with Crippen molar-refractivity contribution in [2.45, 2.75) is 6.36 Å². The average Bonchev–Trinajstić information content (AvgIpc) is 2.59. The van der Waals surface area contributed by atoms with Crippen LogP contribution in [0.3, 0.4) is 0 Å². The summed E-state index contributed by atoms with van der Waals surface area (Å²) in [5.41, 5.74) is 1.89. The molecule has 4 nitrogen and oxygen atoms in total. The van der Waals surface area contributed by atoms with Gasteiger partial charge in [0.15, 0.2) is 11.5 Å². The fraction of sp³-hybridized carbons (Fsp3) is 0.222. The maximum absolute atomic E-state index is 12.2. The minimum absolute atomic E-state index is 0.297. The zero-order valence-corrected chi connectivity index (χ0v) is 13.9. The molecule has 0 saturated carbocycles. The van der Waals surface area contributed by atoms with Gasteiger partial charge in [-0.3, -0.25) is 0 Å². The molecule has 134 valence electrons. The smallest absolute Gasteiger partial charge is 0.493 e. The molecule has 7 heteroatoms. The van der Waals surface area contributed by atoms with E-state index in [2.05, 4.69) is 11.3 Å². The predicted molar refractivity (Wildman–Crippen MR) is 87.4 cm³/mol. The van der Waals surface area contributed by atoms with Crippen molar-refractivity contribution < 1.29 is 32.1 Å². The summed E-state index contributed by atoms with van der Waals surface area (Å²) in [6.45, 7) is 3.99. The lowest BCUT2D eigenvalue weighted by atomic mass is 9.98. The van der Waals surface area contributed by atoms with Crippen LogP contribution >= 0.6 is 0 Å². The van der Waals surface area contributed by atoms with E-state index in [-0.39, 0.29) is 5.75 Å². The molecule has 2 aromatic rings.